The van der Waals surface area contributed by atoms with Gasteiger partial charge < -0.3 is 0 Å². The van der Waals surface area contributed by atoms with Crippen molar-refractivity contribution in [1.29, 1.82) is 0 Å². The molecule has 1 fully saturated rings. The van der Waals surface area contributed by atoms with Gasteiger partial charge in [0.1, 0.15) is 0 Å². The highest BCUT2D eigenvalue weighted by Crippen LogP contribution is 2.32. The van der Waals surface area contributed by atoms with Gasteiger partial charge in [-0.3, -0.25) is 4.90 Å². The van der Waals surface area contributed by atoms with Crippen LogP contribution in [0, 0.1) is 0 Å². The molecule has 0 spiro atoms. The van der Waals surface area contributed by atoms with E-state index in [0.717, 1.165) is 11.4 Å². The lowest BCUT2D eigenvalue weighted by molar-refractivity contribution is 0.416. The van der Waals surface area contributed by atoms with Crippen LogP contribution in [0.15, 0.2) is 30.3 Å². The van der Waals surface area contributed by atoms with Crippen LogP contribution in [-0.4, -0.2) is 22.8 Å². The zero-order valence-corrected chi connectivity index (χ0v) is 9.37. The van der Waals surface area contributed by atoms with Gasteiger partial charge in [-0.15, -0.1) is 0 Å². The summed E-state index contributed by atoms with van der Waals surface area (Å²) in [6.07, 6.45) is 0. The van der Waals surface area contributed by atoms with E-state index in [9.17, 15) is 0 Å². The Hall–Kier alpha value is -0.340. The summed E-state index contributed by atoms with van der Waals surface area (Å²) in [5.41, 5.74) is 1.42. The lowest BCUT2D eigenvalue weighted by atomic mass is 10.1. The summed E-state index contributed by atoms with van der Waals surface area (Å²) in [5.74, 6) is 0. The Labute approximate surface area is 87.9 Å². The predicted octanol–water partition coefficient (Wildman–Crippen LogP) is 2.83. The molecule has 0 aromatic heterocycles. The molecule has 2 rings (SSSR count). The largest absolute Gasteiger partial charge is 0.290 e. The molecule has 1 nitrogen and oxygen atoms in total. The van der Waals surface area contributed by atoms with Crippen LogP contribution in [0.5, 0.6) is 0 Å². The third-order valence-electron chi connectivity index (χ3n) is 2.71. The minimum Gasteiger partial charge on any atom is -0.290 e. The van der Waals surface area contributed by atoms with Crippen molar-refractivity contribution in [2.24, 2.45) is 0 Å². The zero-order chi connectivity index (χ0) is 9.26. The second-order valence-electron chi connectivity index (χ2n) is 3.59. The molecule has 1 aliphatic heterocycles. The van der Waals surface area contributed by atoms with Crippen LogP contribution in [0.4, 0.5) is 0 Å². The van der Waals surface area contributed by atoms with Crippen molar-refractivity contribution in [3.63, 3.8) is 0 Å². The van der Waals surface area contributed by atoms with Crippen LogP contribution in [0.25, 0.3) is 0 Å². The van der Waals surface area contributed by atoms with Crippen LogP contribution in [0.3, 0.4) is 0 Å². The normalized spacial score (nSPS) is 28.5. The smallest absolute Gasteiger partial charge is 0.0327 e. The average Bonchev–Trinajstić information content (AvgIpc) is 2.97. The summed E-state index contributed by atoms with van der Waals surface area (Å²) in [7, 11) is 0. The molecule has 1 aliphatic rings. The molecule has 0 N–H and O–H groups in total. The maximum absolute atomic E-state index is 3.52. The molecular weight excluding hydrogens is 226 g/mol. The molecule has 0 bridgehead atoms. The number of halogens is 1. The Bertz CT molecular complexity index is 273. The van der Waals surface area contributed by atoms with Crippen LogP contribution in [0.1, 0.15) is 18.5 Å². The maximum Gasteiger partial charge on any atom is 0.0327 e. The van der Waals surface area contributed by atoms with Crippen molar-refractivity contribution in [2.45, 2.75) is 19.0 Å². The number of hydrogen-bond acceptors (Lipinski definition) is 1. The number of hydrogen-bond donors (Lipinski definition) is 0. The van der Waals surface area contributed by atoms with E-state index in [2.05, 4.69) is 58.1 Å². The van der Waals surface area contributed by atoms with E-state index in [-0.39, 0.29) is 0 Å². The van der Waals surface area contributed by atoms with E-state index in [1.54, 1.807) is 0 Å². The summed E-state index contributed by atoms with van der Waals surface area (Å²) < 4.78 is 0. The Kier molecular flexibility index (Phi) is 2.70. The summed E-state index contributed by atoms with van der Waals surface area (Å²) in [4.78, 5) is 2.50. The third kappa shape index (κ3) is 1.94. The maximum atomic E-state index is 3.52. The highest BCUT2D eigenvalue weighted by molar-refractivity contribution is 9.09. The van der Waals surface area contributed by atoms with E-state index in [1.165, 1.54) is 12.1 Å². The molecule has 2 heteroatoms. The summed E-state index contributed by atoms with van der Waals surface area (Å²) in [5, 5.41) is 1.10. The Balaban J connectivity index is 2.03. The molecule has 0 aliphatic carbocycles. The highest BCUT2D eigenvalue weighted by atomic mass is 79.9. The fourth-order valence-corrected chi connectivity index (χ4v) is 2.31. The van der Waals surface area contributed by atoms with E-state index in [0.29, 0.717) is 6.04 Å². The molecule has 1 saturated heterocycles. The first kappa shape index (κ1) is 9.22. The molecule has 0 amide bonds. The number of rotatable bonds is 3. The van der Waals surface area contributed by atoms with Gasteiger partial charge in [-0.2, -0.15) is 0 Å². The summed E-state index contributed by atoms with van der Waals surface area (Å²) >= 11 is 3.52. The quantitative estimate of drug-likeness (QED) is 0.580. The zero-order valence-electron chi connectivity index (χ0n) is 7.78. The lowest BCUT2D eigenvalue weighted by Gasteiger charge is -2.13. The van der Waals surface area contributed by atoms with Crippen LogP contribution < -0.4 is 0 Å². The van der Waals surface area contributed by atoms with Gasteiger partial charge in [-0.05, 0) is 12.5 Å². The molecule has 0 saturated carbocycles. The molecule has 13 heavy (non-hydrogen) atoms. The highest BCUT2D eigenvalue weighted by Gasteiger charge is 2.36. The molecular formula is C11H14BrN. The van der Waals surface area contributed by atoms with Crippen molar-refractivity contribution in [2.75, 3.05) is 11.9 Å². The lowest BCUT2D eigenvalue weighted by Crippen LogP contribution is -2.08. The standard InChI is InChI=1S/C11H14BrN/c1-9(13-8-11(13)7-12)10-5-3-2-4-6-10/h2-6,9,11H,7-8H2,1H3/t9-,11-,13?/m1/s1. The molecule has 0 radical (unpaired) electrons. The van der Waals surface area contributed by atoms with Crippen molar-refractivity contribution >= 4 is 15.9 Å². The second-order valence-corrected chi connectivity index (χ2v) is 4.24. The second kappa shape index (κ2) is 3.81. The first-order valence-corrected chi connectivity index (χ1v) is 5.81. The van der Waals surface area contributed by atoms with E-state index >= 15 is 0 Å². The van der Waals surface area contributed by atoms with Crippen molar-refractivity contribution in [1.82, 2.24) is 4.90 Å². The Morgan fingerprint density at radius 3 is 2.69 bits per heavy atom. The predicted molar refractivity (Wildman–Crippen MR) is 59.1 cm³/mol. The Morgan fingerprint density at radius 1 is 1.46 bits per heavy atom. The van der Waals surface area contributed by atoms with E-state index in [4.69, 9.17) is 0 Å². The summed E-state index contributed by atoms with van der Waals surface area (Å²) in [6.45, 7) is 3.51. The fourth-order valence-electron chi connectivity index (χ4n) is 1.73. The number of nitrogens with zero attached hydrogens (tertiary/aromatic N) is 1. The van der Waals surface area contributed by atoms with E-state index in [1.807, 2.05) is 0 Å². The SMILES string of the molecule is C[C@H](c1ccccc1)N1C[C@H]1CBr. The van der Waals surface area contributed by atoms with Gasteiger partial charge in [0.2, 0.25) is 0 Å². The van der Waals surface area contributed by atoms with Gasteiger partial charge in [0.05, 0.1) is 0 Å². The van der Waals surface area contributed by atoms with Crippen molar-refractivity contribution in [3.05, 3.63) is 35.9 Å². The van der Waals surface area contributed by atoms with Crippen molar-refractivity contribution < 1.29 is 0 Å². The van der Waals surface area contributed by atoms with Crippen molar-refractivity contribution in [3.8, 4) is 0 Å². The molecule has 1 aromatic carbocycles. The number of benzene rings is 1. The molecule has 1 heterocycles. The molecule has 3 atom stereocenters. The van der Waals surface area contributed by atoms with Gasteiger partial charge in [-0.1, -0.05) is 46.3 Å². The molecule has 1 unspecified atom stereocenters. The first-order chi connectivity index (χ1) is 6.33. The van der Waals surface area contributed by atoms with Crippen LogP contribution in [-0.2, 0) is 0 Å². The molecule has 70 valence electrons. The summed E-state index contributed by atoms with van der Waals surface area (Å²) in [6, 6.07) is 12.0. The first-order valence-electron chi connectivity index (χ1n) is 4.69. The monoisotopic (exact) mass is 239 g/mol. The van der Waals surface area contributed by atoms with Gasteiger partial charge in [0.25, 0.3) is 0 Å². The van der Waals surface area contributed by atoms with Gasteiger partial charge in [-0.25, -0.2) is 0 Å². The van der Waals surface area contributed by atoms with Crippen LogP contribution >= 0.6 is 15.9 Å². The Morgan fingerprint density at radius 2 is 2.15 bits per heavy atom. The third-order valence-corrected chi connectivity index (χ3v) is 3.46. The van der Waals surface area contributed by atoms with Gasteiger partial charge >= 0.3 is 0 Å². The minimum atomic E-state index is 0.573. The average molecular weight is 240 g/mol. The number of alkyl halides is 1. The fraction of sp³-hybridized carbons (Fsp3) is 0.455. The van der Waals surface area contributed by atoms with E-state index < -0.39 is 0 Å². The van der Waals surface area contributed by atoms with Gasteiger partial charge in [0.15, 0.2) is 0 Å². The van der Waals surface area contributed by atoms with Crippen LogP contribution in [0.2, 0.25) is 0 Å². The van der Waals surface area contributed by atoms with Gasteiger partial charge in [0, 0.05) is 24.0 Å². The topological polar surface area (TPSA) is 3.01 Å². The molecule has 1 aromatic rings. The minimum absolute atomic E-state index is 0.573.